The van der Waals surface area contributed by atoms with E-state index in [4.69, 9.17) is 0 Å². The smallest absolute Gasteiger partial charge is 0.133 e. The molecule has 0 saturated heterocycles. The van der Waals surface area contributed by atoms with Crippen molar-refractivity contribution >= 4 is 23.1 Å². The molecule has 0 fully saturated rings. The second kappa shape index (κ2) is 7.91. The Bertz CT molecular complexity index is 261. The van der Waals surface area contributed by atoms with Gasteiger partial charge in [-0.2, -0.15) is 0 Å². The van der Waals surface area contributed by atoms with Gasteiger partial charge in [0.25, 0.3) is 0 Å². The maximum Gasteiger partial charge on any atom is 0.133 e. The van der Waals surface area contributed by atoms with Crippen LogP contribution in [0.25, 0.3) is 0 Å². The number of carbonyl (C=O) groups excluding carboxylic acids is 4. The topological polar surface area (TPSA) is 68.3 Å². The van der Waals surface area contributed by atoms with Gasteiger partial charge in [-0.3, -0.25) is 9.59 Å². The lowest BCUT2D eigenvalue weighted by Gasteiger charge is -1.99. The predicted octanol–water partition coefficient (Wildman–Crippen LogP) is 1.64. The van der Waals surface area contributed by atoms with Gasteiger partial charge in [0, 0.05) is 38.5 Å². The number of hydrogen-bond acceptors (Lipinski definition) is 4. The largest absolute Gasteiger partial charge is 0.300 e. The van der Waals surface area contributed by atoms with E-state index in [9.17, 15) is 19.2 Å². The van der Waals surface area contributed by atoms with Crippen LogP contribution in [-0.4, -0.2) is 23.1 Å². The van der Waals surface area contributed by atoms with Crippen molar-refractivity contribution in [3.05, 3.63) is 0 Å². The van der Waals surface area contributed by atoms with Crippen molar-refractivity contribution < 1.29 is 19.2 Å². The van der Waals surface area contributed by atoms with Gasteiger partial charge in [-0.1, -0.05) is 0 Å². The van der Waals surface area contributed by atoms with Gasteiger partial charge in [0.15, 0.2) is 0 Å². The molecule has 0 aromatic carbocycles. The first-order valence-corrected chi connectivity index (χ1v) is 5.44. The second-order valence-electron chi connectivity index (χ2n) is 3.98. The van der Waals surface area contributed by atoms with E-state index < -0.39 is 0 Å². The fourth-order valence-electron chi connectivity index (χ4n) is 1.16. The van der Waals surface area contributed by atoms with Crippen LogP contribution in [0.3, 0.4) is 0 Å². The van der Waals surface area contributed by atoms with Crippen molar-refractivity contribution in [3.8, 4) is 0 Å². The molecule has 0 saturated carbocycles. The van der Waals surface area contributed by atoms with E-state index in [0.717, 1.165) is 0 Å². The van der Waals surface area contributed by atoms with Gasteiger partial charge in [-0.05, 0) is 13.8 Å². The minimum Gasteiger partial charge on any atom is -0.300 e. The van der Waals surface area contributed by atoms with Crippen LogP contribution >= 0.6 is 0 Å². The molecule has 0 radical (unpaired) electrons. The number of rotatable bonds is 9. The fraction of sp³-hybridized carbons (Fsp3) is 0.667. The summed E-state index contributed by atoms with van der Waals surface area (Å²) in [5.74, 6) is -0.162. The van der Waals surface area contributed by atoms with Crippen LogP contribution in [0.15, 0.2) is 0 Å². The summed E-state index contributed by atoms with van der Waals surface area (Å²) in [7, 11) is 0. The van der Waals surface area contributed by atoms with E-state index in [0.29, 0.717) is 0 Å². The summed E-state index contributed by atoms with van der Waals surface area (Å²) in [6.07, 6.45) is 1.31. The minimum atomic E-state index is -0.0635. The standard InChI is InChI=1S/C12H18O4/c1-9(13)3-5-11(15)7-8-12(16)6-4-10(2)14/h3-8H2,1-2H3. The zero-order valence-corrected chi connectivity index (χ0v) is 9.88. The Hall–Kier alpha value is -1.32. The van der Waals surface area contributed by atoms with Crippen LogP contribution in [0, 0.1) is 0 Å². The van der Waals surface area contributed by atoms with Crippen LogP contribution in [0.1, 0.15) is 52.4 Å². The molecule has 0 aromatic rings. The lowest BCUT2D eigenvalue weighted by Crippen LogP contribution is -2.06. The first-order valence-electron chi connectivity index (χ1n) is 5.44. The Balaban J connectivity index is 3.63. The van der Waals surface area contributed by atoms with E-state index >= 15 is 0 Å². The van der Waals surface area contributed by atoms with Crippen molar-refractivity contribution in [2.45, 2.75) is 52.4 Å². The molecule has 0 N–H and O–H groups in total. The summed E-state index contributed by atoms with van der Waals surface area (Å²) >= 11 is 0. The van der Waals surface area contributed by atoms with Crippen molar-refractivity contribution in [2.75, 3.05) is 0 Å². The normalized spacial score (nSPS) is 9.88. The first-order chi connectivity index (χ1) is 7.41. The average molecular weight is 226 g/mol. The Labute approximate surface area is 95.4 Å². The van der Waals surface area contributed by atoms with Crippen LogP contribution in [0.4, 0.5) is 0 Å². The fourth-order valence-corrected chi connectivity index (χ4v) is 1.16. The van der Waals surface area contributed by atoms with Gasteiger partial charge in [0.2, 0.25) is 0 Å². The zero-order chi connectivity index (χ0) is 12.6. The summed E-state index contributed by atoms with van der Waals surface area (Å²) in [4.78, 5) is 43.7. The molecular weight excluding hydrogens is 208 g/mol. The highest BCUT2D eigenvalue weighted by atomic mass is 16.1. The third-order valence-corrected chi connectivity index (χ3v) is 2.19. The Morgan fingerprint density at radius 1 is 0.562 bits per heavy atom. The predicted molar refractivity (Wildman–Crippen MR) is 59.1 cm³/mol. The minimum absolute atomic E-state index is 0.0174. The molecule has 0 unspecified atom stereocenters. The van der Waals surface area contributed by atoms with E-state index in [1.807, 2.05) is 0 Å². The van der Waals surface area contributed by atoms with Crippen LogP contribution in [-0.2, 0) is 19.2 Å². The van der Waals surface area contributed by atoms with Crippen molar-refractivity contribution in [3.63, 3.8) is 0 Å². The summed E-state index contributed by atoms with van der Waals surface area (Å²) in [5.41, 5.74) is 0. The quantitative estimate of drug-likeness (QED) is 0.599. The summed E-state index contributed by atoms with van der Waals surface area (Å²) in [5, 5.41) is 0. The molecular formula is C12H18O4. The average Bonchev–Trinajstić information content (AvgIpc) is 2.20. The van der Waals surface area contributed by atoms with Crippen LogP contribution < -0.4 is 0 Å². The summed E-state index contributed by atoms with van der Waals surface area (Å²) in [6, 6.07) is 0. The van der Waals surface area contributed by atoms with Gasteiger partial charge in [-0.15, -0.1) is 0 Å². The van der Waals surface area contributed by atoms with Gasteiger partial charge in [-0.25, -0.2) is 0 Å². The van der Waals surface area contributed by atoms with Gasteiger partial charge in [0.1, 0.15) is 23.1 Å². The molecule has 0 amide bonds. The van der Waals surface area contributed by atoms with E-state index in [1.165, 1.54) is 13.8 Å². The second-order valence-corrected chi connectivity index (χ2v) is 3.98. The molecule has 0 bridgehead atoms. The molecule has 0 spiro atoms. The number of hydrogen-bond donors (Lipinski definition) is 0. The lowest BCUT2D eigenvalue weighted by atomic mass is 10.0. The molecule has 4 heteroatoms. The molecule has 0 heterocycles. The van der Waals surface area contributed by atoms with Gasteiger partial charge in [0.05, 0.1) is 0 Å². The third kappa shape index (κ3) is 9.24. The third-order valence-electron chi connectivity index (χ3n) is 2.19. The number of Topliss-reactive ketones (excluding diaryl/α,β-unsaturated/α-hetero) is 4. The molecule has 90 valence electrons. The molecule has 4 nitrogen and oxygen atoms in total. The maximum absolute atomic E-state index is 11.2. The monoisotopic (exact) mass is 226 g/mol. The van der Waals surface area contributed by atoms with Crippen LogP contribution in [0.5, 0.6) is 0 Å². The highest BCUT2D eigenvalue weighted by Gasteiger charge is 2.08. The SMILES string of the molecule is CC(=O)CCC(=O)CCC(=O)CCC(C)=O. The molecule has 0 aliphatic rings. The zero-order valence-electron chi connectivity index (χ0n) is 9.88. The number of ketones is 4. The molecule has 16 heavy (non-hydrogen) atoms. The van der Waals surface area contributed by atoms with Crippen molar-refractivity contribution in [1.82, 2.24) is 0 Å². The van der Waals surface area contributed by atoms with E-state index in [2.05, 4.69) is 0 Å². The Morgan fingerprint density at radius 3 is 1.06 bits per heavy atom. The summed E-state index contributed by atoms with van der Waals surface area (Å²) < 4.78 is 0. The van der Waals surface area contributed by atoms with Crippen molar-refractivity contribution in [1.29, 1.82) is 0 Å². The first kappa shape index (κ1) is 14.7. The molecule has 0 atom stereocenters. The molecule has 0 aliphatic carbocycles. The van der Waals surface area contributed by atoms with E-state index in [-0.39, 0.29) is 61.7 Å². The van der Waals surface area contributed by atoms with Crippen LogP contribution in [0.2, 0.25) is 0 Å². The maximum atomic E-state index is 11.2. The lowest BCUT2D eigenvalue weighted by molar-refractivity contribution is -0.126. The van der Waals surface area contributed by atoms with Gasteiger partial charge >= 0.3 is 0 Å². The summed E-state index contributed by atoms with van der Waals surface area (Å²) in [6.45, 7) is 2.87. The highest BCUT2D eigenvalue weighted by Crippen LogP contribution is 2.03. The molecule has 0 aromatic heterocycles. The Morgan fingerprint density at radius 2 is 0.812 bits per heavy atom. The number of carbonyl (C=O) groups is 4. The molecule has 0 aliphatic heterocycles. The van der Waals surface area contributed by atoms with E-state index in [1.54, 1.807) is 0 Å². The highest BCUT2D eigenvalue weighted by molar-refractivity contribution is 5.89. The van der Waals surface area contributed by atoms with Gasteiger partial charge < -0.3 is 9.59 Å². The Kier molecular flexibility index (Phi) is 7.25. The van der Waals surface area contributed by atoms with Crippen molar-refractivity contribution in [2.24, 2.45) is 0 Å². The molecule has 0 rings (SSSR count).